The van der Waals surface area contributed by atoms with E-state index in [1.165, 1.54) is 0 Å². The van der Waals surface area contributed by atoms with Crippen molar-refractivity contribution < 1.29 is 3.07 Å². The molecule has 0 spiro atoms. The fraction of sp³-hybridized carbons (Fsp3) is 0.500. The molecule has 0 radical (unpaired) electrons. The van der Waals surface area contributed by atoms with Crippen LogP contribution in [0.25, 0.3) is 0 Å². The maximum atomic E-state index is 5.07. The predicted molar refractivity (Wildman–Crippen MR) is 30.4 cm³/mol. The van der Waals surface area contributed by atoms with Gasteiger partial charge >= 0.3 is 48.8 Å². The summed E-state index contributed by atoms with van der Waals surface area (Å²) in [6.45, 7) is 6.46. The van der Waals surface area contributed by atoms with Crippen molar-refractivity contribution in [2.45, 2.75) is 6.92 Å². The third-order valence-corrected chi connectivity index (χ3v) is 2.95. The van der Waals surface area contributed by atoms with Crippen LogP contribution in [0, 0.1) is 0 Å². The molecule has 0 N–H and O–H groups in total. The van der Waals surface area contributed by atoms with Gasteiger partial charge in [0.05, 0.1) is 0 Å². The van der Waals surface area contributed by atoms with Gasteiger partial charge in [-0.25, -0.2) is 0 Å². The Bertz CT molecular complexity index is 36.5. The standard InChI is InChI=1S/C2H5O.C2H3.Sn.2H/c1-2-3;1-2;;;/h2H2,1H3;1H,2H2;;;/q-1;;+1;;. The van der Waals surface area contributed by atoms with Gasteiger partial charge in [-0.2, -0.15) is 0 Å². The molecule has 1 nitrogen and oxygen atoms in total. The zero-order chi connectivity index (χ0) is 4.83. The van der Waals surface area contributed by atoms with E-state index in [-0.39, 0.29) is 0 Å². The zero-order valence-corrected chi connectivity index (χ0v) is 8.14. The number of hydrogen-bond donors (Lipinski definition) is 0. The molecule has 0 aliphatic heterocycles. The molecular formula is C4H10OSn. The second-order valence-corrected chi connectivity index (χ2v) is 4.71. The van der Waals surface area contributed by atoms with Crippen molar-refractivity contribution in [1.82, 2.24) is 0 Å². The van der Waals surface area contributed by atoms with E-state index in [2.05, 4.69) is 6.58 Å². The Kier molecular flexibility index (Phi) is 5.96. The molecule has 36 valence electrons. The topological polar surface area (TPSA) is 9.23 Å². The van der Waals surface area contributed by atoms with E-state index in [1.54, 1.807) is 0 Å². The second kappa shape index (κ2) is 5.50. The van der Waals surface area contributed by atoms with Crippen molar-refractivity contribution >= 4 is 21.6 Å². The quantitative estimate of drug-likeness (QED) is 0.461. The van der Waals surface area contributed by atoms with E-state index in [0.29, 0.717) is 0 Å². The van der Waals surface area contributed by atoms with Crippen molar-refractivity contribution in [2.75, 3.05) is 6.61 Å². The summed E-state index contributed by atoms with van der Waals surface area (Å²) in [4.78, 5) is 0. The first-order chi connectivity index (χ1) is 2.91. The Morgan fingerprint density at radius 1 is 2.00 bits per heavy atom. The van der Waals surface area contributed by atoms with Crippen LogP contribution in [0.3, 0.4) is 0 Å². The van der Waals surface area contributed by atoms with Gasteiger partial charge in [-0.1, -0.05) is 0 Å². The molecule has 0 aliphatic rings. The molecule has 0 aromatic heterocycles. The Morgan fingerprint density at radius 2 is 2.67 bits per heavy atom. The summed E-state index contributed by atoms with van der Waals surface area (Å²) in [5, 5.41) is 0. The molecule has 0 bridgehead atoms. The average Bonchev–Trinajstić information content (AvgIpc) is 1.61. The molecule has 0 heterocycles. The van der Waals surface area contributed by atoms with Gasteiger partial charge in [0.1, 0.15) is 0 Å². The monoisotopic (exact) mass is 194 g/mol. The molecule has 0 rings (SSSR count). The summed E-state index contributed by atoms with van der Waals surface area (Å²) in [5.74, 6) is 0. The van der Waals surface area contributed by atoms with E-state index in [9.17, 15) is 0 Å². The third-order valence-electron chi connectivity index (χ3n) is 0.440. The van der Waals surface area contributed by atoms with Crippen LogP contribution in [-0.4, -0.2) is 28.2 Å². The summed E-state index contributed by atoms with van der Waals surface area (Å²) < 4.78 is 7.02. The minimum absolute atomic E-state index is 0.822. The Balaban J connectivity index is 2.49. The van der Waals surface area contributed by atoms with Gasteiger partial charge in [-0.3, -0.25) is 0 Å². The molecule has 0 amide bonds. The summed E-state index contributed by atoms with van der Waals surface area (Å²) in [7, 11) is 0. The van der Waals surface area contributed by atoms with Crippen molar-refractivity contribution in [2.24, 2.45) is 0 Å². The fourth-order valence-electron chi connectivity index (χ4n) is 0.201. The van der Waals surface area contributed by atoms with Gasteiger partial charge in [0.25, 0.3) is 0 Å². The number of rotatable bonds is 3. The molecule has 0 aliphatic carbocycles. The maximum absolute atomic E-state index is 5.07. The summed E-state index contributed by atoms with van der Waals surface area (Å²) >= 11 is -0.822. The molecule has 0 saturated heterocycles. The molecule has 0 aromatic carbocycles. The van der Waals surface area contributed by atoms with E-state index in [4.69, 9.17) is 3.07 Å². The van der Waals surface area contributed by atoms with Gasteiger partial charge < -0.3 is 0 Å². The molecule has 0 fully saturated rings. The Morgan fingerprint density at radius 3 is 2.83 bits per heavy atom. The van der Waals surface area contributed by atoms with Crippen LogP contribution >= 0.6 is 0 Å². The van der Waals surface area contributed by atoms with Gasteiger partial charge in [-0.05, 0) is 0 Å². The van der Waals surface area contributed by atoms with Gasteiger partial charge in [-0.15, -0.1) is 0 Å². The Hall–Kier alpha value is 0.499. The Labute approximate surface area is 49.2 Å². The minimum atomic E-state index is -0.822. The van der Waals surface area contributed by atoms with Crippen LogP contribution in [0.1, 0.15) is 6.92 Å². The number of hydrogen-bond acceptors (Lipinski definition) is 1. The van der Waals surface area contributed by atoms with E-state index < -0.39 is 21.6 Å². The predicted octanol–water partition coefficient (Wildman–Crippen LogP) is 0.250. The van der Waals surface area contributed by atoms with Gasteiger partial charge in [0.15, 0.2) is 0 Å². The zero-order valence-electron chi connectivity index (χ0n) is 4.11. The fourth-order valence-corrected chi connectivity index (χ4v) is 1.35. The molecule has 0 unspecified atom stereocenters. The van der Waals surface area contributed by atoms with Crippen LogP contribution in [0.5, 0.6) is 0 Å². The summed E-state index contributed by atoms with van der Waals surface area (Å²) in [6.07, 6.45) is 0. The molecule has 0 saturated carbocycles. The van der Waals surface area contributed by atoms with Crippen LogP contribution < -0.4 is 0 Å². The van der Waals surface area contributed by atoms with Crippen molar-refractivity contribution in [3.63, 3.8) is 0 Å². The summed E-state index contributed by atoms with van der Waals surface area (Å²) in [6, 6.07) is 0. The molecule has 0 atom stereocenters. The molecular weight excluding hydrogens is 183 g/mol. The van der Waals surface area contributed by atoms with Crippen molar-refractivity contribution in [3.05, 3.63) is 10.7 Å². The molecule has 0 aromatic rings. The normalized spacial score (nSPS) is 10.2. The first kappa shape index (κ1) is 6.50. The van der Waals surface area contributed by atoms with Crippen LogP contribution in [0.4, 0.5) is 0 Å². The first-order valence-corrected chi connectivity index (χ1v) is 6.08. The average molecular weight is 193 g/mol. The van der Waals surface area contributed by atoms with E-state index >= 15 is 0 Å². The third kappa shape index (κ3) is 4.50. The van der Waals surface area contributed by atoms with Crippen molar-refractivity contribution in [1.29, 1.82) is 0 Å². The van der Waals surface area contributed by atoms with E-state index in [1.807, 2.05) is 11.0 Å². The van der Waals surface area contributed by atoms with Crippen LogP contribution in [0.15, 0.2) is 10.7 Å². The second-order valence-electron chi connectivity index (χ2n) is 0.948. The van der Waals surface area contributed by atoms with E-state index in [0.717, 1.165) is 6.61 Å². The van der Waals surface area contributed by atoms with Crippen LogP contribution in [0.2, 0.25) is 0 Å². The molecule has 2 heteroatoms. The van der Waals surface area contributed by atoms with Crippen molar-refractivity contribution in [3.8, 4) is 0 Å². The van der Waals surface area contributed by atoms with Gasteiger partial charge in [0.2, 0.25) is 0 Å². The first-order valence-electron chi connectivity index (χ1n) is 2.10. The van der Waals surface area contributed by atoms with Gasteiger partial charge in [0, 0.05) is 0 Å². The SMILES string of the molecule is C=[CH][SnH2][O]CC. The summed E-state index contributed by atoms with van der Waals surface area (Å²) in [5.41, 5.74) is 0. The molecule has 6 heavy (non-hydrogen) atoms. The van der Waals surface area contributed by atoms with Crippen LogP contribution in [-0.2, 0) is 3.07 Å².